The lowest BCUT2D eigenvalue weighted by atomic mass is 9.97. The van der Waals surface area contributed by atoms with E-state index in [0.29, 0.717) is 0 Å². The second-order valence-electron chi connectivity index (χ2n) is 5.92. The van der Waals surface area contributed by atoms with E-state index < -0.39 is 0 Å². The molecule has 0 fully saturated rings. The molecule has 0 radical (unpaired) electrons. The highest BCUT2D eigenvalue weighted by molar-refractivity contribution is 5.96. The van der Waals surface area contributed by atoms with Gasteiger partial charge in [0.05, 0.1) is 14.2 Å². The largest absolute Gasteiger partial charge is 0.496 e. The van der Waals surface area contributed by atoms with Gasteiger partial charge in [-0.2, -0.15) is 0 Å². The second kappa shape index (κ2) is 9.50. The molecule has 0 aromatic heterocycles. The van der Waals surface area contributed by atoms with Crippen molar-refractivity contribution in [2.45, 2.75) is 39.8 Å². The summed E-state index contributed by atoms with van der Waals surface area (Å²) < 4.78 is 11.6. The van der Waals surface area contributed by atoms with Gasteiger partial charge in [-0.3, -0.25) is 0 Å². The van der Waals surface area contributed by atoms with E-state index in [-0.39, 0.29) is 0 Å². The summed E-state index contributed by atoms with van der Waals surface area (Å²) in [6.45, 7) is 7.88. The normalized spacial score (nSPS) is 11.0. The Balaban J connectivity index is 2.58. The summed E-state index contributed by atoms with van der Waals surface area (Å²) >= 11 is 0. The Labute approximate surface area is 145 Å². The zero-order valence-corrected chi connectivity index (χ0v) is 15.4. The monoisotopic (exact) mass is 330 g/mol. The van der Waals surface area contributed by atoms with Gasteiger partial charge in [0.2, 0.25) is 0 Å². The van der Waals surface area contributed by atoms with Crippen LogP contribution in [0, 0.1) is 0 Å². The van der Waals surface area contributed by atoms with E-state index in [9.17, 15) is 0 Å². The summed E-state index contributed by atoms with van der Waals surface area (Å²) in [4.78, 5) is 0. The van der Waals surface area contributed by atoms with Crippen molar-refractivity contribution in [1.82, 2.24) is 10.6 Å². The van der Waals surface area contributed by atoms with Crippen LogP contribution in [-0.4, -0.2) is 27.3 Å². The molecule has 2 N–H and O–H groups in total. The molecule has 0 unspecified atom stereocenters. The number of hydrogen-bond acceptors (Lipinski definition) is 4. The molecule has 0 saturated carbocycles. The van der Waals surface area contributed by atoms with Gasteiger partial charge in [-0.05, 0) is 25.9 Å². The Hall–Kier alpha value is -1.78. The molecule has 2 rings (SSSR count). The molecular formula is C20H30N2O2. The molecule has 132 valence electrons. The van der Waals surface area contributed by atoms with Crippen LogP contribution < -0.4 is 20.1 Å². The number of fused-ring (bicyclic) bond motifs is 1. The number of rotatable bonds is 10. The molecule has 0 amide bonds. The molecule has 2 aromatic carbocycles. The quantitative estimate of drug-likeness (QED) is 0.649. The van der Waals surface area contributed by atoms with Gasteiger partial charge in [-0.15, -0.1) is 0 Å². The van der Waals surface area contributed by atoms with Gasteiger partial charge in [0.1, 0.15) is 11.5 Å². The van der Waals surface area contributed by atoms with Gasteiger partial charge < -0.3 is 20.1 Å². The number of hydrogen-bond donors (Lipinski definition) is 2. The molecule has 0 aliphatic carbocycles. The van der Waals surface area contributed by atoms with Crippen LogP contribution >= 0.6 is 0 Å². The topological polar surface area (TPSA) is 42.5 Å². The fourth-order valence-corrected chi connectivity index (χ4v) is 3.10. The van der Waals surface area contributed by atoms with E-state index in [4.69, 9.17) is 9.47 Å². The minimum absolute atomic E-state index is 0.779. The van der Waals surface area contributed by atoms with Crippen LogP contribution in [0.4, 0.5) is 0 Å². The van der Waals surface area contributed by atoms with Crippen LogP contribution in [0.3, 0.4) is 0 Å². The molecule has 2 aromatic rings. The van der Waals surface area contributed by atoms with Crippen LogP contribution in [0.25, 0.3) is 10.8 Å². The summed E-state index contributed by atoms with van der Waals surface area (Å²) in [7, 11) is 3.50. The Kier molecular flexibility index (Phi) is 7.35. The third-order valence-corrected chi connectivity index (χ3v) is 4.19. The first kappa shape index (κ1) is 18.6. The maximum absolute atomic E-state index is 5.81. The first-order valence-corrected chi connectivity index (χ1v) is 8.84. The Morgan fingerprint density at radius 1 is 0.750 bits per heavy atom. The van der Waals surface area contributed by atoms with E-state index in [0.717, 1.165) is 61.3 Å². The number of nitrogens with one attached hydrogen (secondary N) is 2. The highest BCUT2D eigenvalue weighted by Gasteiger charge is 2.20. The van der Waals surface area contributed by atoms with Crippen molar-refractivity contribution in [3.8, 4) is 11.5 Å². The van der Waals surface area contributed by atoms with Crippen LogP contribution in [-0.2, 0) is 13.1 Å². The molecule has 4 heteroatoms. The molecule has 4 nitrogen and oxygen atoms in total. The molecule has 0 atom stereocenters. The van der Waals surface area contributed by atoms with E-state index >= 15 is 0 Å². The summed E-state index contributed by atoms with van der Waals surface area (Å²) in [5, 5.41) is 9.22. The first-order chi connectivity index (χ1) is 11.8. The van der Waals surface area contributed by atoms with Crippen LogP contribution in [0.2, 0.25) is 0 Å². The molecule has 0 spiro atoms. The minimum atomic E-state index is 0.779. The number of benzene rings is 2. The molecule has 24 heavy (non-hydrogen) atoms. The molecule has 0 saturated heterocycles. The van der Waals surface area contributed by atoms with Crippen molar-refractivity contribution in [2.24, 2.45) is 0 Å². The van der Waals surface area contributed by atoms with Gasteiger partial charge >= 0.3 is 0 Å². The van der Waals surface area contributed by atoms with Crippen LogP contribution in [0.15, 0.2) is 24.3 Å². The van der Waals surface area contributed by atoms with E-state index in [1.165, 1.54) is 11.1 Å². The van der Waals surface area contributed by atoms with Gasteiger partial charge in [-0.1, -0.05) is 38.1 Å². The van der Waals surface area contributed by atoms with E-state index in [1.54, 1.807) is 14.2 Å². The molecule has 0 aliphatic heterocycles. The van der Waals surface area contributed by atoms with Crippen LogP contribution in [0.1, 0.15) is 37.8 Å². The SMILES string of the molecule is CCCNCc1c(CNCCC)c(OC)c2ccccc2c1OC. The van der Waals surface area contributed by atoms with Crippen molar-refractivity contribution in [1.29, 1.82) is 0 Å². The summed E-state index contributed by atoms with van der Waals surface area (Å²) in [5.41, 5.74) is 2.37. The molecule has 0 aliphatic rings. The molecule has 0 heterocycles. The van der Waals surface area contributed by atoms with Gasteiger partial charge in [0, 0.05) is 35.0 Å². The van der Waals surface area contributed by atoms with E-state index in [1.807, 2.05) is 12.1 Å². The standard InChI is InChI=1S/C20H30N2O2/c1-5-11-21-13-17-18(14-22-12-6-2)20(24-4)16-10-8-7-9-15(16)19(17)23-3/h7-10,21-22H,5-6,11-14H2,1-4H3. The predicted molar refractivity (Wildman–Crippen MR) is 101 cm³/mol. The van der Waals surface area contributed by atoms with Crippen molar-refractivity contribution < 1.29 is 9.47 Å². The predicted octanol–water partition coefficient (Wildman–Crippen LogP) is 3.86. The minimum Gasteiger partial charge on any atom is -0.496 e. The maximum atomic E-state index is 5.81. The zero-order chi connectivity index (χ0) is 17.4. The van der Waals surface area contributed by atoms with Gasteiger partial charge in [-0.25, -0.2) is 0 Å². The lowest BCUT2D eigenvalue weighted by Crippen LogP contribution is -2.20. The van der Waals surface area contributed by atoms with Gasteiger partial charge in [0.25, 0.3) is 0 Å². The Bertz CT molecular complexity index is 599. The summed E-state index contributed by atoms with van der Waals surface area (Å²) in [6, 6.07) is 8.29. The van der Waals surface area contributed by atoms with Crippen molar-refractivity contribution in [3.05, 3.63) is 35.4 Å². The molecular weight excluding hydrogens is 300 g/mol. The van der Waals surface area contributed by atoms with Crippen molar-refractivity contribution in [3.63, 3.8) is 0 Å². The fourth-order valence-electron chi connectivity index (χ4n) is 3.10. The highest BCUT2D eigenvalue weighted by atomic mass is 16.5. The van der Waals surface area contributed by atoms with Gasteiger partial charge in [0.15, 0.2) is 0 Å². The van der Waals surface area contributed by atoms with Crippen molar-refractivity contribution in [2.75, 3.05) is 27.3 Å². The highest BCUT2D eigenvalue weighted by Crippen LogP contribution is 2.40. The number of ether oxygens (including phenoxy) is 2. The first-order valence-electron chi connectivity index (χ1n) is 8.84. The van der Waals surface area contributed by atoms with E-state index in [2.05, 4.69) is 36.6 Å². The third-order valence-electron chi connectivity index (χ3n) is 4.19. The summed E-state index contributed by atoms with van der Waals surface area (Å²) in [6.07, 6.45) is 2.22. The lowest BCUT2D eigenvalue weighted by Gasteiger charge is -2.21. The van der Waals surface area contributed by atoms with Crippen LogP contribution in [0.5, 0.6) is 11.5 Å². The molecule has 0 bridgehead atoms. The average Bonchev–Trinajstić information content (AvgIpc) is 2.62. The Morgan fingerprint density at radius 3 is 1.50 bits per heavy atom. The smallest absolute Gasteiger partial charge is 0.131 e. The summed E-state index contributed by atoms with van der Waals surface area (Å²) in [5.74, 6) is 1.90. The Morgan fingerprint density at radius 2 is 1.17 bits per heavy atom. The fraction of sp³-hybridized carbons (Fsp3) is 0.500. The lowest BCUT2D eigenvalue weighted by molar-refractivity contribution is 0.398. The zero-order valence-electron chi connectivity index (χ0n) is 15.4. The average molecular weight is 330 g/mol. The second-order valence-corrected chi connectivity index (χ2v) is 5.92. The maximum Gasteiger partial charge on any atom is 0.131 e. The number of methoxy groups -OCH3 is 2. The third kappa shape index (κ3) is 4.00. The van der Waals surface area contributed by atoms with Crippen molar-refractivity contribution >= 4 is 10.8 Å².